The van der Waals surface area contributed by atoms with Crippen molar-refractivity contribution in [3.8, 4) is 0 Å². The van der Waals surface area contributed by atoms with Crippen LogP contribution in [0.1, 0.15) is 12.0 Å². The fourth-order valence-corrected chi connectivity index (χ4v) is 6.93. The van der Waals surface area contributed by atoms with Gasteiger partial charge < -0.3 is 4.74 Å². The zero-order valence-corrected chi connectivity index (χ0v) is 14.4. The Kier molecular flexibility index (Phi) is 4.78. The third-order valence-corrected chi connectivity index (χ3v) is 8.01. The molecule has 2 heterocycles. The lowest BCUT2D eigenvalue weighted by atomic mass is 10.1. The molecule has 2 aliphatic heterocycles. The van der Waals surface area contributed by atoms with Crippen molar-refractivity contribution in [2.45, 2.75) is 25.0 Å². The van der Waals surface area contributed by atoms with Crippen LogP contribution >= 0.6 is 0 Å². The van der Waals surface area contributed by atoms with Crippen LogP contribution in [0.15, 0.2) is 30.3 Å². The monoisotopic (exact) mass is 359 g/mol. The number of fused-ring (bicyclic) bond motifs is 1. The van der Waals surface area contributed by atoms with E-state index in [-0.39, 0.29) is 30.4 Å². The molecule has 0 aliphatic carbocycles. The van der Waals surface area contributed by atoms with E-state index in [1.807, 2.05) is 30.3 Å². The molecule has 0 amide bonds. The van der Waals surface area contributed by atoms with Gasteiger partial charge in [-0.3, -0.25) is 0 Å². The maximum Gasteiger partial charge on any atom is 0.214 e. The van der Waals surface area contributed by atoms with E-state index in [1.165, 1.54) is 4.31 Å². The first kappa shape index (κ1) is 16.9. The Morgan fingerprint density at radius 3 is 2.65 bits per heavy atom. The third-order valence-electron chi connectivity index (χ3n) is 4.35. The molecule has 0 bridgehead atoms. The molecule has 0 radical (unpaired) electrons. The van der Waals surface area contributed by atoms with Gasteiger partial charge in [0.15, 0.2) is 9.84 Å². The zero-order chi connectivity index (χ0) is 16.5. The number of sulfone groups is 1. The molecule has 2 atom stereocenters. The molecule has 1 aromatic rings. The molecule has 2 unspecified atom stereocenters. The number of hydrogen-bond acceptors (Lipinski definition) is 5. The van der Waals surface area contributed by atoms with Crippen molar-refractivity contribution >= 4 is 19.9 Å². The summed E-state index contributed by atoms with van der Waals surface area (Å²) in [5.74, 6) is -0.172. The zero-order valence-electron chi connectivity index (χ0n) is 12.8. The molecule has 0 spiro atoms. The van der Waals surface area contributed by atoms with Crippen molar-refractivity contribution in [2.75, 3.05) is 30.4 Å². The van der Waals surface area contributed by atoms with Crippen LogP contribution in [-0.2, 0) is 31.0 Å². The van der Waals surface area contributed by atoms with Gasteiger partial charge in [0.2, 0.25) is 10.0 Å². The van der Waals surface area contributed by atoms with Crippen molar-refractivity contribution < 1.29 is 21.6 Å². The fraction of sp³-hybridized carbons (Fsp3) is 0.600. The summed E-state index contributed by atoms with van der Waals surface area (Å²) in [5, 5.41) is 0. The van der Waals surface area contributed by atoms with Gasteiger partial charge in [0.05, 0.1) is 36.0 Å². The van der Waals surface area contributed by atoms with Crippen molar-refractivity contribution in [1.29, 1.82) is 0 Å². The van der Waals surface area contributed by atoms with Crippen LogP contribution in [0.2, 0.25) is 0 Å². The molecule has 0 N–H and O–H groups in total. The highest BCUT2D eigenvalue weighted by molar-refractivity contribution is 7.92. The predicted octanol–water partition coefficient (Wildman–Crippen LogP) is 0.447. The van der Waals surface area contributed by atoms with E-state index in [2.05, 4.69) is 0 Å². The normalized spacial score (nSPS) is 27.7. The Morgan fingerprint density at radius 1 is 1.17 bits per heavy atom. The number of ether oxygens (including phenoxy) is 1. The Labute approximate surface area is 137 Å². The number of rotatable bonds is 5. The van der Waals surface area contributed by atoms with Gasteiger partial charge in [0.25, 0.3) is 0 Å². The Bertz CT molecular complexity index is 745. The van der Waals surface area contributed by atoms with Gasteiger partial charge >= 0.3 is 0 Å². The summed E-state index contributed by atoms with van der Waals surface area (Å²) in [4.78, 5) is 0. The second kappa shape index (κ2) is 6.51. The van der Waals surface area contributed by atoms with Crippen LogP contribution in [0.5, 0.6) is 0 Å². The summed E-state index contributed by atoms with van der Waals surface area (Å²) in [6.45, 7) is 0.499. The van der Waals surface area contributed by atoms with Crippen LogP contribution in [0.4, 0.5) is 0 Å². The molecule has 2 fully saturated rings. The minimum atomic E-state index is -3.47. The lowest BCUT2D eigenvalue weighted by molar-refractivity contribution is -0.0141. The molecule has 8 heteroatoms. The summed E-state index contributed by atoms with van der Waals surface area (Å²) < 4.78 is 55.6. The highest BCUT2D eigenvalue weighted by atomic mass is 32.2. The van der Waals surface area contributed by atoms with Gasteiger partial charge in [-0.25, -0.2) is 16.8 Å². The minimum Gasteiger partial charge on any atom is -0.374 e. The Morgan fingerprint density at radius 2 is 1.91 bits per heavy atom. The number of benzene rings is 1. The van der Waals surface area contributed by atoms with E-state index >= 15 is 0 Å². The SMILES string of the molecule is O=S1(=O)CC2OCCN(S(=O)(=O)CCCc3ccccc3)C2C1. The average molecular weight is 359 g/mol. The molecule has 23 heavy (non-hydrogen) atoms. The topological polar surface area (TPSA) is 80.8 Å². The van der Waals surface area contributed by atoms with E-state index < -0.39 is 32.0 Å². The predicted molar refractivity (Wildman–Crippen MR) is 87.4 cm³/mol. The lowest BCUT2D eigenvalue weighted by Gasteiger charge is -2.35. The van der Waals surface area contributed by atoms with Gasteiger partial charge in [-0.1, -0.05) is 30.3 Å². The standard InChI is InChI=1S/C15H21NO5S2/c17-22(18)11-14-15(12-22)21-9-8-16(14)23(19,20)10-4-7-13-5-2-1-3-6-13/h1-3,5-6,14-15H,4,7-12H2. The van der Waals surface area contributed by atoms with Crippen LogP contribution in [0.3, 0.4) is 0 Å². The van der Waals surface area contributed by atoms with Crippen LogP contribution < -0.4 is 0 Å². The quantitative estimate of drug-likeness (QED) is 0.762. The molecular formula is C15H21NO5S2. The summed E-state index contributed by atoms with van der Waals surface area (Å²) in [6.07, 6.45) is 0.697. The van der Waals surface area contributed by atoms with E-state index in [0.29, 0.717) is 12.8 Å². The minimum absolute atomic E-state index is 0.0329. The molecule has 0 saturated carbocycles. The largest absolute Gasteiger partial charge is 0.374 e. The third kappa shape index (κ3) is 3.93. The summed E-state index contributed by atoms with van der Waals surface area (Å²) in [6, 6.07) is 9.17. The van der Waals surface area contributed by atoms with Gasteiger partial charge in [0.1, 0.15) is 0 Å². The summed E-state index contributed by atoms with van der Waals surface area (Å²) in [7, 11) is -6.69. The molecule has 0 aromatic heterocycles. The van der Waals surface area contributed by atoms with Crippen LogP contribution in [0.25, 0.3) is 0 Å². The fourth-order valence-electron chi connectivity index (χ4n) is 3.25. The van der Waals surface area contributed by atoms with Gasteiger partial charge in [-0.2, -0.15) is 4.31 Å². The second-order valence-electron chi connectivity index (χ2n) is 6.07. The van der Waals surface area contributed by atoms with E-state index in [4.69, 9.17) is 4.74 Å². The van der Waals surface area contributed by atoms with Crippen LogP contribution in [0, 0.1) is 0 Å². The highest BCUT2D eigenvalue weighted by Crippen LogP contribution is 2.27. The average Bonchev–Trinajstić information content (AvgIpc) is 2.81. The van der Waals surface area contributed by atoms with Gasteiger partial charge in [-0.05, 0) is 18.4 Å². The van der Waals surface area contributed by atoms with Gasteiger partial charge in [-0.15, -0.1) is 0 Å². The molecule has 1 aromatic carbocycles. The number of morpholine rings is 1. The molecule has 2 saturated heterocycles. The molecular weight excluding hydrogens is 338 g/mol. The second-order valence-corrected chi connectivity index (χ2v) is 10.3. The summed E-state index contributed by atoms with van der Waals surface area (Å²) in [5.41, 5.74) is 1.10. The van der Waals surface area contributed by atoms with E-state index in [9.17, 15) is 16.8 Å². The first-order valence-electron chi connectivity index (χ1n) is 7.73. The highest BCUT2D eigenvalue weighted by Gasteiger charge is 2.47. The van der Waals surface area contributed by atoms with Crippen molar-refractivity contribution in [3.63, 3.8) is 0 Å². The Balaban J connectivity index is 1.64. The van der Waals surface area contributed by atoms with E-state index in [0.717, 1.165) is 5.56 Å². The molecule has 6 nitrogen and oxygen atoms in total. The molecule has 128 valence electrons. The van der Waals surface area contributed by atoms with Crippen molar-refractivity contribution in [1.82, 2.24) is 4.31 Å². The maximum atomic E-state index is 12.6. The first-order valence-corrected chi connectivity index (χ1v) is 11.2. The molecule has 2 aliphatic rings. The maximum absolute atomic E-state index is 12.6. The van der Waals surface area contributed by atoms with Crippen molar-refractivity contribution in [2.24, 2.45) is 0 Å². The molecule has 3 rings (SSSR count). The van der Waals surface area contributed by atoms with Crippen molar-refractivity contribution in [3.05, 3.63) is 35.9 Å². The van der Waals surface area contributed by atoms with Gasteiger partial charge in [0, 0.05) is 6.54 Å². The Hall–Kier alpha value is -0.960. The number of sulfonamides is 1. The number of nitrogens with zero attached hydrogens (tertiary/aromatic N) is 1. The van der Waals surface area contributed by atoms with Crippen LogP contribution in [-0.4, -0.2) is 63.7 Å². The number of hydrogen-bond donors (Lipinski definition) is 0. The lowest BCUT2D eigenvalue weighted by Crippen LogP contribution is -2.53. The summed E-state index contributed by atoms with van der Waals surface area (Å²) >= 11 is 0. The number of aryl methyl sites for hydroxylation is 1. The first-order chi connectivity index (χ1) is 10.9. The van der Waals surface area contributed by atoms with E-state index in [1.54, 1.807) is 0 Å². The smallest absolute Gasteiger partial charge is 0.214 e.